The molecule has 30 heavy (non-hydrogen) atoms. The number of ether oxygens (including phenoxy) is 1. The van der Waals surface area contributed by atoms with E-state index in [1.807, 2.05) is 25.4 Å². The number of hydrogen-bond donors (Lipinski definition) is 0. The zero-order valence-electron chi connectivity index (χ0n) is 17.8. The van der Waals surface area contributed by atoms with Crippen LogP contribution in [0.3, 0.4) is 0 Å². The zero-order valence-corrected chi connectivity index (χ0v) is 17.8. The summed E-state index contributed by atoms with van der Waals surface area (Å²) in [5, 5.41) is 8.33. The molecule has 0 saturated heterocycles. The van der Waals surface area contributed by atoms with Crippen LogP contribution in [-0.2, 0) is 6.42 Å². The number of fused-ring (bicyclic) bond motifs is 2. The van der Waals surface area contributed by atoms with Gasteiger partial charge in [-0.25, -0.2) is 23.4 Å². The maximum atomic E-state index is 13.5. The summed E-state index contributed by atoms with van der Waals surface area (Å²) in [5.74, 6) is 2.36. The van der Waals surface area contributed by atoms with Crippen LogP contribution in [0.1, 0.15) is 63.3 Å². The predicted octanol–water partition coefficient (Wildman–Crippen LogP) is 4.94. The van der Waals surface area contributed by atoms with Gasteiger partial charge in [0.2, 0.25) is 0 Å². The van der Waals surface area contributed by atoms with Gasteiger partial charge in [0.25, 0.3) is 0 Å². The second-order valence-electron chi connectivity index (χ2n) is 7.29. The van der Waals surface area contributed by atoms with E-state index >= 15 is 0 Å². The van der Waals surface area contributed by atoms with Crippen LogP contribution in [0.15, 0.2) is 24.5 Å². The van der Waals surface area contributed by atoms with Crippen LogP contribution in [0.25, 0.3) is 11.3 Å². The molecule has 0 aromatic carbocycles. The number of hydrogen-bond acceptors (Lipinski definition) is 5. The van der Waals surface area contributed by atoms with E-state index in [9.17, 15) is 4.39 Å². The molecular weight excluding hydrogens is 383 g/mol. The molecule has 0 radical (unpaired) electrons. The highest BCUT2D eigenvalue weighted by Gasteiger charge is 2.11. The SMILES string of the molecule is C.CCCc1cc(F)c2nc(C)nn2c1.COc1cn2nc(C)nc2cc1C(C)C. The molecular formula is C22H31FN6O. The number of halogens is 1. The molecule has 162 valence electrons. The van der Waals surface area contributed by atoms with Gasteiger partial charge in [-0.15, -0.1) is 0 Å². The minimum atomic E-state index is -0.295. The van der Waals surface area contributed by atoms with Crippen LogP contribution in [0.4, 0.5) is 4.39 Å². The summed E-state index contributed by atoms with van der Waals surface area (Å²) in [6.07, 6.45) is 5.58. The highest BCUT2D eigenvalue weighted by molar-refractivity contribution is 5.48. The number of methoxy groups -OCH3 is 1. The van der Waals surface area contributed by atoms with Gasteiger partial charge in [0, 0.05) is 11.8 Å². The lowest BCUT2D eigenvalue weighted by molar-refractivity contribution is 0.404. The maximum Gasteiger partial charge on any atom is 0.191 e. The lowest BCUT2D eigenvalue weighted by Gasteiger charge is -2.11. The van der Waals surface area contributed by atoms with Crippen LogP contribution in [0, 0.1) is 19.7 Å². The first-order chi connectivity index (χ1) is 13.8. The Morgan fingerprint density at radius 3 is 2.33 bits per heavy atom. The van der Waals surface area contributed by atoms with Gasteiger partial charge in [0.1, 0.15) is 17.4 Å². The third-order valence-electron chi connectivity index (χ3n) is 4.50. The quantitative estimate of drug-likeness (QED) is 0.473. The van der Waals surface area contributed by atoms with Crippen molar-refractivity contribution in [2.24, 2.45) is 0 Å². The number of aryl methyl sites for hydroxylation is 3. The summed E-state index contributed by atoms with van der Waals surface area (Å²) >= 11 is 0. The normalized spacial score (nSPS) is 10.8. The van der Waals surface area contributed by atoms with Gasteiger partial charge in [-0.3, -0.25) is 0 Å². The first-order valence-electron chi connectivity index (χ1n) is 9.74. The largest absolute Gasteiger partial charge is 0.495 e. The third kappa shape index (κ3) is 4.93. The zero-order chi connectivity index (χ0) is 21.1. The molecule has 0 saturated carbocycles. The smallest absolute Gasteiger partial charge is 0.191 e. The molecule has 4 rings (SSSR count). The average molecular weight is 415 g/mol. The monoisotopic (exact) mass is 414 g/mol. The van der Waals surface area contributed by atoms with Crippen molar-refractivity contribution < 1.29 is 9.13 Å². The van der Waals surface area contributed by atoms with Gasteiger partial charge in [-0.2, -0.15) is 10.2 Å². The van der Waals surface area contributed by atoms with Crippen molar-refractivity contribution in [3.63, 3.8) is 0 Å². The molecule has 7 nitrogen and oxygen atoms in total. The first-order valence-corrected chi connectivity index (χ1v) is 9.74. The second-order valence-corrected chi connectivity index (χ2v) is 7.29. The summed E-state index contributed by atoms with van der Waals surface area (Å²) < 4.78 is 22.1. The highest BCUT2D eigenvalue weighted by atomic mass is 19.1. The molecule has 0 spiro atoms. The van der Waals surface area contributed by atoms with E-state index in [0.29, 0.717) is 17.4 Å². The first kappa shape index (κ1) is 23.3. The molecule has 0 N–H and O–H groups in total. The standard InChI is InChI=1S/C11H15N3O.C10H12FN3.CH4/c1-7(2)9-5-11-12-8(3)13-14(11)6-10(9)15-4;1-3-4-8-5-9(11)10-12-7(2)13-14(10)6-8;/h5-7H,1-4H3;5-6H,3-4H2,1-2H3;1H4. The minimum Gasteiger partial charge on any atom is -0.495 e. The Morgan fingerprint density at radius 2 is 1.70 bits per heavy atom. The Kier molecular flexibility index (Phi) is 7.48. The number of nitrogens with zero attached hydrogens (tertiary/aromatic N) is 6. The Labute approximate surface area is 176 Å². The summed E-state index contributed by atoms with van der Waals surface area (Å²) in [4.78, 5) is 8.32. The molecule has 0 aliphatic carbocycles. The Balaban J connectivity index is 0.000000207. The van der Waals surface area contributed by atoms with Crippen molar-refractivity contribution in [1.29, 1.82) is 0 Å². The molecule has 0 fully saturated rings. The van der Waals surface area contributed by atoms with Crippen LogP contribution >= 0.6 is 0 Å². The molecule has 0 unspecified atom stereocenters. The van der Waals surface area contributed by atoms with Crippen LogP contribution in [-0.4, -0.2) is 36.3 Å². The van der Waals surface area contributed by atoms with E-state index < -0.39 is 0 Å². The predicted molar refractivity (Wildman–Crippen MR) is 117 cm³/mol. The number of pyridine rings is 2. The fourth-order valence-electron chi connectivity index (χ4n) is 3.19. The molecule has 4 heterocycles. The van der Waals surface area contributed by atoms with Gasteiger partial charge in [-0.1, -0.05) is 34.6 Å². The summed E-state index contributed by atoms with van der Waals surface area (Å²) in [5.41, 5.74) is 3.30. The van der Waals surface area contributed by atoms with Crippen molar-refractivity contribution in [3.8, 4) is 5.75 Å². The van der Waals surface area contributed by atoms with Crippen molar-refractivity contribution in [2.75, 3.05) is 7.11 Å². The lowest BCUT2D eigenvalue weighted by atomic mass is 10.0. The minimum absolute atomic E-state index is 0. The highest BCUT2D eigenvalue weighted by Crippen LogP contribution is 2.26. The van der Waals surface area contributed by atoms with E-state index in [2.05, 4.69) is 40.9 Å². The molecule has 0 aliphatic heterocycles. The van der Waals surface area contributed by atoms with Crippen molar-refractivity contribution in [2.45, 2.75) is 60.8 Å². The molecule has 0 amide bonds. The Bertz CT molecular complexity index is 1130. The molecule has 4 aromatic heterocycles. The van der Waals surface area contributed by atoms with Gasteiger partial charge in [0.05, 0.1) is 13.3 Å². The van der Waals surface area contributed by atoms with Crippen molar-refractivity contribution in [3.05, 3.63) is 53.1 Å². The summed E-state index contributed by atoms with van der Waals surface area (Å²) in [6, 6.07) is 3.57. The number of rotatable bonds is 4. The van der Waals surface area contributed by atoms with E-state index in [4.69, 9.17) is 4.74 Å². The number of aromatic nitrogens is 6. The topological polar surface area (TPSA) is 69.6 Å². The van der Waals surface area contributed by atoms with Gasteiger partial charge in [-0.05, 0) is 43.9 Å². The summed E-state index contributed by atoms with van der Waals surface area (Å²) in [7, 11) is 1.68. The molecule has 0 atom stereocenters. The fraction of sp³-hybridized carbons (Fsp3) is 0.455. The average Bonchev–Trinajstić information content (AvgIpc) is 3.22. The maximum absolute atomic E-state index is 13.5. The molecule has 0 aliphatic rings. The summed E-state index contributed by atoms with van der Waals surface area (Å²) in [6.45, 7) is 9.98. The third-order valence-corrected chi connectivity index (χ3v) is 4.50. The van der Waals surface area contributed by atoms with Gasteiger partial charge >= 0.3 is 0 Å². The fourth-order valence-corrected chi connectivity index (χ4v) is 3.19. The van der Waals surface area contributed by atoms with Crippen LogP contribution in [0.5, 0.6) is 5.75 Å². The molecule has 8 heteroatoms. The second kappa shape index (κ2) is 9.65. The van der Waals surface area contributed by atoms with Crippen molar-refractivity contribution in [1.82, 2.24) is 29.2 Å². The van der Waals surface area contributed by atoms with E-state index in [0.717, 1.165) is 41.2 Å². The Morgan fingerprint density at radius 1 is 1.03 bits per heavy atom. The van der Waals surface area contributed by atoms with E-state index in [1.54, 1.807) is 18.5 Å². The van der Waals surface area contributed by atoms with E-state index in [-0.39, 0.29) is 13.2 Å². The van der Waals surface area contributed by atoms with Crippen molar-refractivity contribution >= 4 is 11.3 Å². The van der Waals surface area contributed by atoms with E-state index in [1.165, 1.54) is 10.6 Å². The molecule has 0 bridgehead atoms. The van der Waals surface area contributed by atoms with Crippen LogP contribution in [0.2, 0.25) is 0 Å². The van der Waals surface area contributed by atoms with Crippen LogP contribution < -0.4 is 4.74 Å². The molecule has 4 aromatic rings. The van der Waals surface area contributed by atoms with Gasteiger partial charge < -0.3 is 4.74 Å². The lowest BCUT2D eigenvalue weighted by Crippen LogP contribution is -1.98. The Hall–Kier alpha value is -3.03. The van der Waals surface area contributed by atoms with Gasteiger partial charge in [0.15, 0.2) is 17.1 Å².